The Morgan fingerprint density at radius 1 is 0.547 bits per heavy atom. The SMILES string of the molecule is CCC1=CC2=C(C=CC=CC2c2cc(Cl)c([Si](C)(C)C)c(Cl)c2)[C]12[Si]1(c3ccccc3-c3ccccc31)[C]1(C(CC)=CC3=C1C=CC=CC3c1cc(Cl)c([Si](C)(C)C)c(Cl)c1)[Hf]2([Cl])[Cl]. The fraction of sp³-hybridized carbons (Fsp3) is 0.259. The van der Waals surface area contributed by atoms with Gasteiger partial charge in [0.05, 0.1) is 0 Å². The Labute approximate surface area is 414 Å². The molecule has 2 aliphatic heterocycles. The number of benzene rings is 4. The van der Waals surface area contributed by atoms with Crippen molar-refractivity contribution >= 4 is 109 Å². The predicted octanol–water partition coefficient (Wildman–Crippen LogP) is 15.9. The fourth-order valence-corrected chi connectivity index (χ4v) is 81.3. The second-order valence-electron chi connectivity index (χ2n) is 20.4. The molecule has 1 fully saturated rings. The van der Waals surface area contributed by atoms with Gasteiger partial charge in [0.2, 0.25) is 0 Å². The van der Waals surface area contributed by atoms with Gasteiger partial charge in [0.1, 0.15) is 0 Å². The van der Waals surface area contributed by atoms with E-state index in [1.54, 1.807) is 0 Å². The first-order valence-corrected chi connectivity index (χ1v) is 45.5. The van der Waals surface area contributed by atoms with Crippen LogP contribution in [0, 0.1) is 0 Å². The normalized spacial score (nSPS) is 25.7. The Bertz CT molecular complexity index is 2740. The van der Waals surface area contributed by atoms with Crippen molar-refractivity contribution in [3.63, 3.8) is 0 Å². The molecule has 0 aromatic heterocycles. The van der Waals surface area contributed by atoms with Gasteiger partial charge in [0.15, 0.2) is 0 Å². The summed E-state index contributed by atoms with van der Waals surface area (Å²) in [6.07, 6.45) is 25.0. The summed E-state index contributed by atoms with van der Waals surface area (Å²) in [7, 11) is 11.2. The van der Waals surface area contributed by atoms with E-state index in [9.17, 15) is 0 Å². The second-order valence-corrected chi connectivity index (χ2v) is 60.0. The summed E-state index contributed by atoms with van der Waals surface area (Å²) in [5.41, 5.74) is 12.7. The molecular weight excluding hydrogens is 1120 g/mol. The molecule has 10 heteroatoms. The van der Waals surface area contributed by atoms with Crippen LogP contribution in [0.4, 0.5) is 0 Å². The van der Waals surface area contributed by atoms with Crippen LogP contribution >= 0.6 is 63.6 Å². The molecule has 4 unspecified atom stereocenters. The van der Waals surface area contributed by atoms with Crippen molar-refractivity contribution in [3.8, 4) is 11.1 Å². The van der Waals surface area contributed by atoms with Gasteiger partial charge in [-0.3, -0.25) is 0 Å². The van der Waals surface area contributed by atoms with Gasteiger partial charge in [-0.05, 0) is 0 Å². The Morgan fingerprint density at radius 2 is 0.906 bits per heavy atom. The first kappa shape index (κ1) is 45.8. The number of fused-ring (bicyclic) bond motifs is 9. The molecule has 0 saturated carbocycles. The zero-order valence-electron chi connectivity index (χ0n) is 37.5. The predicted molar refractivity (Wildman–Crippen MR) is 286 cm³/mol. The van der Waals surface area contributed by atoms with E-state index in [2.05, 4.69) is 187 Å². The molecule has 4 aromatic carbocycles. The Kier molecular flexibility index (Phi) is 11.3. The molecule has 3 spiro atoms. The van der Waals surface area contributed by atoms with E-state index in [1.165, 1.54) is 54.9 Å². The summed E-state index contributed by atoms with van der Waals surface area (Å²) in [6, 6.07) is 27.2. The van der Waals surface area contributed by atoms with Gasteiger partial charge in [-0.1, -0.05) is 0 Å². The number of rotatable bonds is 6. The molecule has 4 atom stereocenters. The van der Waals surface area contributed by atoms with Crippen molar-refractivity contribution in [2.45, 2.75) is 83.4 Å². The van der Waals surface area contributed by atoms with Crippen LogP contribution < -0.4 is 20.7 Å². The number of hydrogen-bond donors (Lipinski definition) is 0. The zero-order chi connectivity index (χ0) is 45.5. The van der Waals surface area contributed by atoms with Crippen molar-refractivity contribution < 1.29 is 17.6 Å². The minimum absolute atomic E-state index is 0.0943. The molecule has 326 valence electrons. The number of allylic oxidation sites excluding steroid dienone is 16. The third kappa shape index (κ3) is 5.80. The Balaban J connectivity index is 1.31. The monoisotopic (exact) mass is 1170 g/mol. The molecular formula is C54H52Cl6HfSi3. The van der Waals surface area contributed by atoms with Crippen LogP contribution in [0.3, 0.4) is 0 Å². The average Bonchev–Trinajstić information content (AvgIpc) is 3.72. The van der Waals surface area contributed by atoms with Crippen molar-refractivity contribution in [2.24, 2.45) is 0 Å². The maximum absolute atomic E-state index is 9.05. The minimum atomic E-state index is -5.05. The second kappa shape index (κ2) is 15.8. The molecule has 6 aliphatic rings. The van der Waals surface area contributed by atoms with E-state index < -0.39 is 47.4 Å². The summed E-state index contributed by atoms with van der Waals surface area (Å²) in [6.45, 7) is 18.4. The van der Waals surface area contributed by atoms with Crippen LogP contribution in [0.1, 0.15) is 49.7 Å². The molecule has 0 bridgehead atoms. The molecule has 0 radical (unpaired) electrons. The molecule has 0 nitrogen and oxygen atoms in total. The van der Waals surface area contributed by atoms with Gasteiger partial charge >= 0.3 is 419 Å². The summed E-state index contributed by atoms with van der Waals surface area (Å²) in [4.78, 5) is 0. The molecule has 4 aliphatic carbocycles. The summed E-state index contributed by atoms with van der Waals surface area (Å²) >= 11 is 23.9. The zero-order valence-corrected chi connectivity index (χ0v) is 48.7. The Hall–Kier alpha value is -1.94. The molecule has 0 N–H and O–H groups in total. The van der Waals surface area contributed by atoms with Crippen LogP contribution in [0.25, 0.3) is 11.1 Å². The van der Waals surface area contributed by atoms with Crippen molar-refractivity contribution in [3.05, 3.63) is 198 Å². The molecule has 64 heavy (non-hydrogen) atoms. The van der Waals surface area contributed by atoms with E-state index >= 15 is 0 Å². The van der Waals surface area contributed by atoms with Gasteiger partial charge in [-0.25, -0.2) is 0 Å². The summed E-state index contributed by atoms with van der Waals surface area (Å²) in [5.74, 6) is -0.189. The summed E-state index contributed by atoms with van der Waals surface area (Å²) < 4.78 is -1.10. The van der Waals surface area contributed by atoms with Gasteiger partial charge in [-0.2, -0.15) is 0 Å². The quantitative estimate of drug-likeness (QED) is 0.169. The van der Waals surface area contributed by atoms with E-state index in [4.69, 9.17) is 63.6 Å². The van der Waals surface area contributed by atoms with Crippen molar-refractivity contribution in [1.29, 1.82) is 0 Å². The number of hydrogen-bond acceptors (Lipinski definition) is 0. The third-order valence-corrected chi connectivity index (χ3v) is 66.7. The van der Waals surface area contributed by atoms with Crippen LogP contribution in [-0.4, -0.2) is 24.2 Å². The third-order valence-electron chi connectivity index (χ3n) is 15.2. The van der Waals surface area contributed by atoms with Gasteiger partial charge in [0.25, 0.3) is 0 Å². The van der Waals surface area contributed by atoms with E-state index in [1.807, 2.05) is 0 Å². The summed E-state index contributed by atoms with van der Waals surface area (Å²) in [5, 5.41) is 8.09. The van der Waals surface area contributed by atoms with Gasteiger partial charge in [0, 0.05) is 0 Å². The van der Waals surface area contributed by atoms with Crippen LogP contribution in [0.5, 0.6) is 0 Å². The molecule has 4 aromatic rings. The molecule has 0 amide bonds. The topological polar surface area (TPSA) is 0 Å². The van der Waals surface area contributed by atoms with Crippen LogP contribution in [-0.2, 0) is 17.6 Å². The van der Waals surface area contributed by atoms with E-state index in [0.29, 0.717) is 0 Å². The molecule has 2 heterocycles. The van der Waals surface area contributed by atoms with E-state index in [0.717, 1.165) is 54.4 Å². The Morgan fingerprint density at radius 3 is 1.25 bits per heavy atom. The standard InChI is InChI=1S/C54H52Cl4Si3.2ClH.Hf/c1-9-33-27-43-37(35-29-45(55)53(46(56)30-35)59(3,4)5)19-11-13-23-41(43)51(33)61(49-25-17-15-21-39(49)40-22-16-18-26-50(40)61)52-34(10-2)28-44-38(20-12-14-24-42(44)52)36-31-47(57)54(48(58)32-36)60(6,7)8;;;/h11-32,37-38H,9-10H2,1-8H3;2*1H;/q;;;+2/p-2. The van der Waals surface area contributed by atoms with Crippen molar-refractivity contribution in [2.75, 3.05) is 0 Å². The first-order valence-electron chi connectivity index (χ1n) is 22.5. The maximum atomic E-state index is 9.05. The van der Waals surface area contributed by atoms with Crippen LogP contribution in [0.15, 0.2) is 167 Å². The van der Waals surface area contributed by atoms with Crippen molar-refractivity contribution in [1.82, 2.24) is 0 Å². The fourth-order valence-electron chi connectivity index (χ4n) is 13.3. The van der Waals surface area contributed by atoms with Crippen LogP contribution in [0.2, 0.25) is 65.0 Å². The average molecular weight is 1180 g/mol. The van der Waals surface area contributed by atoms with Gasteiger partial charge in [-0.15, -0.1) is 0 Å². The number of halogens is 6. The van der Waals surface area contributed by atoms with Gasteiger partial charge < -0.3 is 0 Å². The molecule has 10 rings (SSSR count). The van der Waals surface area contributed by atoms with E-state index in [-0.39, 0.29) is 11.8 Å². The molecule has 1 saturated heterocycles. The first-order chi connectivity index (χ1) is 30.3.